The number of rotatable bonds is 4. The molecule has 0 aliphatic carbocycles. The fraction of sp³-hybridized carbons (Fsp3) is 0.833. The predicted molar refractivity (Wildman–Crippen MR) is 34.6 cm³/mol. The molecule has 9 heavy (non-hydrogen) atoms. The Morgan fingerprint density at radius 2 is 2.22 bits per heavy atom. The summed E-state index contributed by atoms with van der Waals surface area (Å²) in [6.07, 6.45) is 0.641. The molecule has 0 saturated heterocycles. The van der Waals surface area contributed by atoms with Crippen molar-refractivity contribution < 1.29 is 9.63 Å². The molecule has 0 aliphatic rings. The number of amides is 1. The Hall–Kier alpha value is -0.570. The van der Waals surface area contributed by atoms with E-state index in [1.807, 2.05) is 13.8 Å². The van der Waals surface area contributed by atoms with Gasteiger partial charge in [0.25, 0.3) is 0 Å². The quantitative estimate of drug-likeness (QED) is 0.414. The first-order valence-corrected chi connectivity index (χ1v) is 2.98. The summed E-state index contributed by atoms with van der Waals surface area (Å²) in [6.45, 7) is 4.65. The first-order chi connectivity index (χ1) is 4.16. The van der Waals surface area contributed by atoms with Gasteiger partial charge in [-0.15, -0.1) is 0 Å². The van der Waals surface area contributed by atoms with Crippen LogP contribution >= 0.6 is 0 Å². The standard InChI is InChI=1S/C6H13NO2/c1-6(2)4-9-7(3)5-8/h5-6H,4H2,1-3H3. The maximum absolute atomic E-state index is 9.92. The fourth-order valence-electron chi connectivity index (χ4n) is 0.297. The van der Waals surface area contributed by atoms with Crippen LogP contribution in [0.4, 0.5) is 0 Å². The summed E-state index contributed by atoms with van der Waals surface area (Å²) >= 11 is 0. The van der Waals surface area contributed by atoms with Crippen LogP contribution in [-0.4, -0.2) is 25.1 Å². The number of hydrogen-bond donors (Lipinski definition) is 0. The van der Waals surface area contributed by atoms with Crippen molar-refractivity contribution in [3.63, 3.8) is 0 Å². The van der Waals surface area contributed by atoms with E-state index in [9.17, 15) is 4.79 Å². The third-order valence-corrected chi connectivity index (χ3v) is 0.760. The van der Waals surface area contributed by atoms with Gasteiger partial charge in [-0.25, -0.2) is 5.06 Å². The summed E-state index contributed by atoms with van der Waals surface area (Å²) in [6, 6.07) is 0. The molecule has 0 aromatic carbocycles. The van der Waals surface area contributed by atoms with Gasteiger partial charge in [0.2, 0.25) is 6.41 Å². The number of carbonyl (C=O) groups excluding carboxylic acids is 1. The molecule has 1 amide bonds. The Morgan fingerprint density at radius 3 is 2.56 bits per heavy atom. The second kappa shape index (κ2) is 4.32. The molecule has 0 atom stereocenters. The molecule has 3 nitrogen and oxygen atoms in total. The Labute approximate surface area is 55.6 Å². The van der Waals surface area contributed by atoms with Gasteiger partial charge in [0.05, 0.1) is 6.61 Å². The highest BCUT2D eigenvalue weighted by Gasteiger charge is 1.95. The van der Waals surface area contributed by atoms with Crippen molar-refractivity contribution in [2.75, 3.05) is 13.7 Å². The Balaban J connectivity index is 3.16. The van der Waals surface area contributed by atoms with Crippen LogP contribution in [0.3, 0.4) is 0 Å². The van der Waals surface area contributed by atoms with Crippen LogP contribution in [0.25, 0.3) is 0 Å². The topological polar surface area (TPSA) is 29.5 Å². The summed E-state index contributed by atoms with van der Waals surface area (Å²) < 4.78 is 0. The number of carbonyl (C=O) groups is 1. The van der Waals surface area contributed by atoms with Gasteiger partial charge in [-0.3, -0.25) is 9.63 Å². The average Bonchev–Trinajstić information content (AvgIpc) is 1.83. The summed E-state index contributed by atoms with van der Waals surface area (Å²) in [5, 5.41) is 1.17. The second-order valence-electron chi connectivity index (χ2n) is 2.34. The van der Waals surface area contributed by atoms with Crippen molar-refractivity contribution in [2.24, 2.45) is 5.92 Å². The van der Waals surface area contributed by atoms with Gasteiger partial charge in [-0.05, 0) is 5.92 Å². The molecular formula is C6H13NO2. The predicted octanol–water partition coefficient (Wildman–Crippen LogP) is 0.662. The lowest BCUT2D eigenvalue weighted by atomic mass is 10.2. The normalized spacial score (nSPS) is 9.78. The van der Waals surface area contributed by atoms with Crippen molar-refractivity contribution in [3.05, 3.63) is 0 Å². The summed E-state index contributed by atoms with van der Waals surface area (Å²) in [7, 11) is 1.58. The van der Waals surface area contributed by atoms with E-state index in [0.29, 0.717) is 18.9 Å². The van der Waals surface area contributed by atoms with Crippen LogP contribution in [0.1, 0.15) is 13.8 Å². The maximum Gasteiger partial charge on any atom is 0.233 e. The van der Waals surface area contributed by atoms with Gasteiger partial charge in [0.15, 0.2) is 0 Å². The molecule has 0 bridgehead atoms. The van der Waals surface area contributed by atoms with E-state index >= 15 is 0 Å². The molecule has 0 N–H and O–H groups in total. The summed E-state index contributed by atoms with van der Waals surface area (Å²) in [5.74, 6) is 0.465. The van der Waals surface area contributed by atoms with E-state index in [0.717, 1.165) is 0 Å². The molecule has 0 fully saturated rings. The lowest BCUT2D eigenvalue weighted by molar-refractivity contribution is -0.166. The monoisotopic (exact) mass is 131 g/mol. The average molecular weight is 131 g/mol. The molecule has 3 heteroatoms. The van der Waals surface area contributed by atoms with Crippen molar-refractivity contribution in [3.8, 4) is 0 Å². The van der Waals surface area contributed by atoms with Crippen molar-refractivity contribution in [1.29, 1.82) is 0 Å². The molecule has 54 valence electrons. The highest BCUT2D eigenvalue weighted by Crippen LogP contribution is 1.92. The number of hydrogen-bond acceptors (Lipinski definition) is 2. The molecule has 0 unspecified atom stereocenters. The Bertz CT molecular complexity index is 83.1. The zero-order valence-electron chi connectivity index (χ0n) is 6.13. The van der Waals surface area contributed by atoms with Crippen molar-refractivity contribution in [2.45, 2.75) is 13.8 Å². The number of nitrogens with zero attached hydrogens (tertiary/aromatic N) is 1. The van der Waals surface area contributed by atoms with Crippen LogP contribution in [-0.2, 0) is 9.63 Å². The van der Waals surface area contributed by atoms with Gasteiger partial charge in [-0.1, -0.05) is 13.8 Å². The molecular weight excluding hydrogens is 118 g/mol. The Kier molecular flexibility index (Phi) is 4.05. The fourth-order valence-corrected chi connectivity index (χ4v) is 0.297. The first-order valence-electron chi connectivity index (χ1n) is 2.98. The third-order valence-electron chi connectivity index (χ3n) is 0.760. The molecule has 0 spiro atoms. The SMILES string of the molecule is CC(C)CON(C)C=O. The lowest BCUT2D eigenvalue weighted by Crippen LogP contribution is -2.19. The molecule has 0 saturated carbocycles. The van der Waals surface area contributed by atoms with Gasteiger partial charge in [0.1, 0.15) is 0 Å². The summed E-state index contributed by atoms with van der Waals surface area (Å²) in [5.41, 5.74) is 0. The van der Waals surface area contributed by atoms with Crippen molar-refractivity contribution in [1.82, 2.24) is 5.06 Å². The molecule has 0 heterocycles. The van der Waals surface area contributed by atoms with Gasteiger partial charge < -0.3 is 0 Å². The minimum atomic E-state index is 0.465. The van der Waals surface area contributed by atoms with Gasteiger partial charge >= 0.3 is 0 Å². The molecule has 0 aliphatic heterocycles. The van der Waals surface area contributed by atoms with Gasteiger partial charge in [-0.2, -0.15) is 0 Å². The van der Waals surface area contributed by atoms with Crippen molar-refractivity contribution >= 4 is 6.41 Å². The molecule has 0 aromatic heterocycles. The molecule has 0 aromatic rings. The second-order valence-corrected chi connectivity index (χ2v) is 2.34. The highest BCUT2D eigenvalue weighted by molar-refractivity contribution is 5.44. The summed E-state index contributed by atoms with van der Waals surface area (Å²) in [4.78, 5) is 14.8. The number of hydroxylamine groups is 2. The molecule has 0 rings (SSSR count). The van der Waals surface area contributed by atoms with Crippen LogP contribution in [0.5, 0.6) is 0 Å². The zero-order chi connectivity index (χ0) is 7.28. The van der Waals surface area contributed by atoms with Gasteiger partial charge in [0, 0.05) is 7.05 Å². The van der Waals surface area contributed by atoms with Crippen LogP contribution in [0, 0.1) is 5.92 Å². The largest absolute Gasteiger partial charge is 0.276 e. The van der Waals surface area contributed by atoms with Crippen LogP contribution in [0.2, 0.25) is 0 Å². The lowest BCUT2D eigenvalue weighted by Gasteiger charge is -2.11. The van der Waals surface area contributed by atoms with E-state index in [4.69, 9.17) is 4.84 Å². The maximum atomic E-state index is 9.92. The van der Waals surface area contributed by atoms with E-state index in [2.05, 4.69) is 0 Å². The molecule has 0 radical (unpaired) electrons. The van der Waals surface area contributed by atoms with Crippen LogP contribution < -0.4 is 0 Å². The highest BCUT2D eigenvalue weighted by atomic mass is 16.7. The first kappa shape index (κ1) is 8.43. The van der Waals surface area contributed by atoms with E-state index in [-0.39, 0.29) is 0 Å². The minimum Gasteiger partial charge on any atom is -0.276 e. The minimum absolute atomic E-state index is 0.465. The van der Waals surface area contributed by atoms with E-state index in [1.54, 1.807) is 7.05 Å². The smallest absolute Gasteiger partial charge is 0.233 e. The van der Waals surface area contributed by atoms with Crippen LogP contribution in [0.15, 0.2) is 0 Å². The van der Waals surface area contributed by atoms with E-state index in [1.165, 1.54) is 5.06 Å². The third kappa shape index (κ3) is 5.30. The zero-order valence-corrected chi connectivity index (χ0v) is 6.13. The van der Waals surface area contributed by atoms with E-state index < -0.39 is 0 Å². The Morgan fingerprint density at radius 1 is 1.67 bits per heavy atom.